The van der Waals surface area contributed by atoms with Crippen LogP contribution in [-0.4, -0.2) is 30.6 Å². The number of halogens is 2. The van der Waals surface area contributed by atoms with Gasteiger partial charge in [0, 0.05) is 24.7 Å². The molecule has 25 heavy (non-hydrogen) atoms. The molecule has 1 amide bonds. The lowest BCUT2D eigenvalue weighted by Gasteiger charge is -2.34. The van der Waals surface area contributed by atoms with Gasteiger partial charge in [0.25, 0.3) is 0 Å². The first-order chi connectivity index (χ1) is 12.0. The van der Waals surface area contributed by atoms with Crippen LogP contribution in [0.1, 0.15) is 18.4 Å². The van der Waals surface area contributed by atoms with Crippen molar-refractivity contribution in [2.45, 2.75) is 19.5 Å². The van der Waals surface area contributed by atoms with Crippen molar-refractivity contribution < 1.29 is 18.3 Å². The van der Waals surface area contributed by atoms with Crippen LogP contribution >= 0.6 is 0 Å². The Morgan fingerprint density at radius 3 is 2.96 bits per heavy atom. The van der Waals surface area contributed by atoms with Crippen LogP contribution in [0.2, 0.25) is 0 Å². The van der Waals surface area contributed by atoms with E-state index in [9.17, 15) is 18.8 Å². The van der Waals surface area contributed by atoms with E-state index in [4.69, 9.17) is 5.73 Å². The number of benzene rings is 1. The lowest BCUT2D eigenvalue weighted by Crippen LogP contribution is -2.41. The molecule has 8 heteroatoms. The van der Waals surface area contributed by atoms with Gasteiger partial charge in [-0.2, -0.15) is 14.0 Å². The Morgan fingerprint density at radius 2 is 2.28 bits per heavy atom. The standard InChI is InChI=1S/C17H16F2N4O2/c18-17(19)25-12-3-4-14-13(6-12)15(11(7-20)8-22-14)23-5-1-2-10(9-23)16(21)24/h3-4,6,8,10,17H,1-2,5,9H2,(H2,21,24)/t10-/m1/s1. The summed E-state index contributed by atoms with van der Waals surface area (Å²) >= 11 is 0. The molecule has 0 spiro atoms. The van der Waals surface area contributed by atoms with Crippen LogP contribution in [0.25, 0.3) is 10.9 Å². The van der Waals surface area contributed by atoms with Gasteiger partial charge in [0.1, 0.15) is 11.8 Å². The molecule has 1 aliphatic rings. The van der Waals surface area contributed by atoms with Crippen molar-refractivity contribution in [2.24, 2.45) is 11.7 Å². The molecule has 3 rings (SSSR count). The number of nitrogens with two attached hydrogens (primary N) is 1. The zero-order chi connectivity index (χ0) is 18.0. The molecule has 1 aliphatic heterocycles. The van der Waals surface area contributed by atoms with Crippen LogP contribution in [0.3, 0.4) is 0 Å². The number of pyridine rings is 1. The molecular weight excluding hydrogens is 330 g/mol. The van der Waals surface area contributed by atoms with E-state index in [0.717, 1.165) is 6.42 Å². The van der Waals surface area contributed by atoms with Gasteiger partial charge in [0.2, 0.25) is 5.91 Å². The van der Waals surface area contributed by atoms with Gasteiger partial charge < -0.3 is 15.4 Å². The van der Waals surface area contributed by atoms with Gasteiger partial charge in [0.15, 0.2) is 0 Å². The normalized spacial score (nSPS) is 17.5. The number of amides is 1. The number of rotatable bonds is 4. The minimum atomic E-state index is -2.94. The highest BCUT2D eigenvalue weighted by Gasteiger charge is 2.27. The van der Waals surface area contributed by atoms with Gasteiger partial charge in [-0.1, -0.05) is 0 Å². The van der Waals surface area contributed by atoms with E-state index in [2.05, 4.69) is 15.8 Å². The molecule has 2 N–H and O–H groups in total. The topological polar surface area (TPSA) is 92.2 Å². The zero-order valence-electron chi connectivity index (χ0n) is 13.3. The Morgan fingerprint density at radius 1 is 1.48 bits per heavy atom. The molecule has 1 saturated heterocycles. The summed E-state index contributed by atoms with van der Waals surface area (Å²) < 4.78 is 29.5. The molecule has 1 aromatic heterocycles. The summed E-state index contributed by atoms with van der Waals surface area (Å²) in [4.78, 5) is 17.6. The third kappa shape index (κ3) is 3.45. The average Bonchev–Trinajstić information content (AvgIpc) is 2.60. The molecule has 0 unspecified atom stereocenters. The molecule has 2 heterocycles. The molecule has 0 radical (unpaired) electrons. The Balaban J connectivity index is 2.10. The number of hydrogen-bond acceptors (Lipinski definition) is 5. The van der Waals surface area contributed by atoms with Crippen molar-refractivity contribution in [2.75, 3.05) is 18.0 Å². The Hall–Kier alpha value is -2.95. The monoisotopic (exact) mass is 346 g/mol. The van der Waals surface area contributed by atoms with Crippen molar-refractivity contribution in [1.29, 1.82) is 5.26 Å². The van der Waals surface area contributed by atoms with Gasteiger partial charge in [-0.05, 0) is 31.0 Å². The fourth-order valence-electron chi connectivity index (χ4n) is 3.17. The number of nitriles is 1. The Bertz CT molecular complexity index is 850. The van der Waals surface area contributed by atoms with Crippen LogP contribution in [0.5, 0.6) is 5.75 Å². The number of ether oxygens (including phenoxy) is 1. The zero-order valence-corrected chi connectivity index (χ0v) is 13.3. The minimum absolute atomic E-state index is 0.0101. The second kappa shape index (κ2) is 6.89. The summed E-state index contributed by atoms with van der Waals surface area (Å²) in [5, 5.41) is 9.97. The number of alkyl halides is 2. The predicted molar refractivity (Wildman–Crippen MR) is 87.2 cm³/mol. The summed E-state index contributed by atoms with van der Waals surface area (Å²) in [6.07, 6.45) is 2.88. The predicted octanol–water partition coefficient (Wildman–Crippen LogP) is 2.41. The maximum absolute atomic E-state index is 12.5. The van der Waals surface area contributed by atoms with Crippen LogP contribution in [0, 0.1) is 17.2 Å². The lowest BCUT2D eigenvalue weighted by atomic mass is 9.96. The van der Waals surface area contributed by atoms with Crippen LogP contribution in [0.4, 0.5) is 14.5 Å². The quantitative estimate of drug-likeness (QED) is 0.918. The van der Waals surface area contributed by atoms with Gasteiger partial charge in [-0.3, -0.25) is 9.78 Å². The number of carbonyl (C=O) groups is 1. The highest BCUT2D eigenvalue weighted by molar-refractivity contribution is 5.95. The Labute approximate surface area is 142 Å². The van der Waals surface area contributed by atoms with Crippen LogP contribution < -0.4 is 15.4 Å². The molecule has 1 aromatic carbocycles. The number of piperidine rings is 1. The third-order valence-corrected chi connectivity index (χ3v) is 4.30. The number of aromatic nitrogens is 1. The summed E-state index contributed by atoms with van der Waals surface area (Å²) in [7, 11) is 0. The van der Waals surface area contributed by atoms with Crippen molar-refractivity contribution in [3.8, 4) is 11.8 Å². The molecule has 2 aromatic rings. The van der Waals surface area contributed by atoms with E-state index < -0.39 is 6.61 Å². The fourth-order valence-corrected chi connectivity index (χ4v) is 3.17. The molecule has 1 atom stereocenters. The second-order valence-corrected chi connectivity index (χ2v) is 5.88. The molecule has 0 aliphatic carbocycles. The SMILES string of the molecule is N#Cc1cnc2ccc(OC(F)F)cc2c1N1CCC[C@@H](C(N)=O)C1. The molecule has 0 saturated carbocycles. The van der Waals surface area contributed by atoms with Crippen LogP contribution in [0.15, 0.2) is 24.4 Å². The minimum Gasteiger partial charge on any atom is -0.435 e. The number of carbonyl (C=O) groups excluding carboxylic acids is 1. The van der Waals surface area contributed by atoms with Crippen molar-refractivity contribution >= 4 is 22.5 Å². The van der Waals surface area contributed by atoms with E-state index in [1.54, 1.807) is 6.07 Å². The third-order valence-electron chi connectivity index (χ3n) is 4.30. The van der Waals surface area contributed by atoms with E-state index in [-0.39, 0.29) is 17.6 Å². The first kappa shape index (κ1) is 16.9. The maximum Gasteiger partial charge on any atom is 0.387 e. The van der Waals surface area contributed by atoms with Crippen molar-refractivity contribution in [3.63, 3.8) is 0 Å². The first-order valence-corrected chi connectivity index (χ1v) is 7.81. The summed E-state index contributed by atoms with van der Waals surface area (Å²) in [5.74, 6) is -0.712. The number of primary amides is 1. The van der Waals surface area contributed by atoms with E-state index >= 15 is 0 Å². The van der Waals surface area contributed by atoms with Gasteiger partial charge in [-0.15, -0.1) is 0 Å². The maximum atomic E-state index is 12.5. The van der Waals surface area contributed by atoms with Gasteiger partial charge >= 0.3 is 6.61 Å². The van der Waals surface area contributed by atoms with E-state index in [1.807, 2.05) is 4.90 Å². The Kier molecular flexibility index (Phi) is 4.65. The molecule has 0 bridgehead atoms. The largest absolute Gasteiger partial charge is 0.435 e. The average molecular weight is 346 g/mol. The molecular formula is C17H16F2N4O2. The molecule has 1 fully saturated rings. The number of fused-ring (bicyclic) bond motifs is 1. The highest BCUT2D eigenvalue weighted by atomic mass is 19.3. The summed E-state index contributed by atoms with van der Waals surface area (Å²) in [6, 6.07) is 6.49. The summed E-state index contributed by atoms with van der Waals surface area (Å²) in [5.41, 5.74) is 6.86. The van der Waals surface area contributed by atoms with Crippen molar-refractivity contribution in [1.82, 2.24) is 4.98 Å². The number of anilines is 1. The summed E-state index contributed by atoms with van der Waals surface area (Å²) in [6.45, 7) is -1.93. The van der Waals surface area contributed by atoms with Gasteiger partial charge in [0.05, 0.1) is 22.7 Å². The number of hydrogen-bond donors (Lipinski definition) is 1. The van der Waals surface area contributed by atoms with E-state index in [0.29, 0.717) is 41.7 Å². The van der Waals surface area contributed by atoms with E-state index in [1.165, 1.54) is 18.3 Å². The first-order valence-electron chi connectivity index (χ1n) is 7.81. The van der Waals surface area contributed by atoms with Gasteiger partial charge in [-0.25, -0.2) is 0 Å². The molecule has 130 valence electrons. The van der Waals surface area contributed by atoms with Crippen LogP contribution in [-0.2, 0) is 4.79 Å². The smallest absolute Gasteiger partial charge is 0.387 e. The van der Waals surface area contributed by atoms with Crippen molar-refractivity contribution in [3.05, 3.63) is 30.0 Å². The second-order valence-electron chi connectivity index (χ2n) is 5.88. The number of nitrogens with zero attached hydrogens (tertiary/aromatic N) is 3. The highest BCUT2D eigenvalue weighted by Crippen LogP contribution is 2.34. The molecule has 6 nitrogen and oxygen atoms in total. The fraction of sp³-hybridized carbons (Fsp3) is 0.353. The lowest BCUT2D eigenvalue weighted by molar-refractivity contribution is -0.122.